The third kappa shape index (κ3) is 5.06. The molecule has 9 heteroatoms. The number of anilines is 1. The number of ether oxygens (including phenoxy) is 1. The molecule has 0 radical (unpaired) electrons. The van der Waals surface area contributed by atoms with Gasteiger partial charge in [-0.25, -0.2) is 4.79 Å². The van der Waals surface area contributed by atoms with Gasteiger partial charge in [-0.05, 0) is 44.7 Å². The van der Waals surface area contributed by atoms with Gasteiger partial charge < -0.3 is 4.74 Å². The molecule has 2 heterocycles. The molecule has 31 heavy (non-hydrogen) atoms. The average molecular weight is 447 g/mol. The van der Waals surface area contributed by atoms with Gasteiger partial charge in [0.2, 0.25) is 0 Å². The lowest BCUT2D eigenvalue weighted by Gasteiger charge is -2.44. The molecule has 168 valence electrons. The van der Waals surface area contributed by atoms with Crippen molar-refractivity contribution in [3.05, 3.63) is 59.9 Å². The van der Waals surface area contributed by atoms with Crippen molar-refractivity contribution in [1.82, 2.24) is 14.2 Å². The number of hydrogen-bond acceptors (Lipinski definition) is 6. The van der Waals surface area contributed by atoms with Crippen LogP contribution in [0.15, 0.2) is 48.7 Å². The van der Waals surface area contributed by atoms with Crippen LogP contribution in [0.4, 0.5) is 5.69 Å². The van der Waals surface area contributed by atoms with Gasteiger partial charge in [-0.15, -0.1) is 0 Å². The monoisotopic (exact) mass is 446 g/mol. The molecule has 1 fully saturated rings. The standard InChI is InChI=1S/C22H30N4O4S/c1-5-25-17(2)14-24(15-18(25)3)31(28,29)26(21-9-7-6-8-10-21)16-20-12-11-19(13-23-20)22(27)30-4/h6-13,17-18H,5,14-16H2,1-4H3/t17-,18+. The minimum Gasteiger partial charge on any atom is -0.465 e. The maximum atomic E-state index is 13.7. The van der Waals surface area contributed by atoms with E-state index in [9.17, 15) is 13.2 Å². The summed E-state index contributed by atoms with van der Waals surface area (Å²) in [7, 11) is -2.49. The second-order valence-electron chi connectivity index (χ2n) is 7.73. The van der Waals surface area contributed by atoms with E-state index < -0.39 is 16.2 Å². The van der Waals surface area contributed by atoms with E-state index in [1.165, 1.54) is 17.6 Å². The minimum absolute atomic E-state index is 0.0601. The molecule has 1 aliphatic rings. The molecular weight excluding hydrogens is 416 g/mol. The van der Waals surface area contributed by atoms with E-state index in [0.717, 1.165) is 6.54 Å². The van der Waals surface area contributed by atoms with E-state index in [4.69, 9.17) is 4.74 Å². The number of piperazine rings is 1. The first-order valence-corrected chi connectivity index (χ1v) is 11.8. The molecule has 1 aromatic heterocycles. The number of benzene rings is 1. The Morgan fingerprint density at radius 3 is 2.29 bits per heavy atom. The highest BCUT2D eigenvalue weighted by molar-refractivity contribution is 7.90. The summed E-state index contributed by atoms with van der Waals surface area (Å²) in [6, 6.07) is 12.5. The highest BCUT2D eigenvalue weighted by Gasteiger charge is 2.38. The van der Waals surface area contributed by atoms with Gasteiger partial charge in [-0.1, -0.05) is 25.1 Å². The number of hydrogen-bond donors (Lipinski definition) is 0. The van der Waals surface area contributed by atoms with Gasteiger partial charge in [0.25, 0.3) is 0 Å². The Morgan fingerprint density at radius 1 is 1.13 bits per heavy atom. The number of nitrogens with zero attached hydrogens (tertiary/aromatic N) is 4. The summed E-state index contributed by atoms with van der Waals surface area (Å²) in [5.74, 6) is -0.483. The van der Waals surface area contributed by atoms with Crippen molar-refractivity contribution in [1.29, 1.82) is 0 Å². The summed E-state index contributed by atoms with van der Waals surface area (Å²) in [4.78, 5) is 18.3. The van der Waals surface area contributed by atoms with Crippen LogP contribution in [0.1, 0.15) is 36.8 Å². The van der Waals surface area contributed by atoms with Crippen LogP contribution in [0.3, 0.4) is 0 Å². The number of likely N-dealkylation sites (N-methyl/N-ethyl adjacent to an activating group) is 1. The topological polar surface area (TPSA) is 83.1 Å². The smallest absolute Gasteiger partial charge is 0.339 e. The lowest BCUT2D eigenvalue weighted by Crippen LogP contribution is -2.60. The van der Waals surface area contributed by atoms with Crippen LogP contribution in [0.5, 0.6) is 0 Å². The number of rotatable bonds is 7. The molecule has 0 N–H and O–H groups in total. The Morgan fingerprint density at radius 2 is 1.77 bits per heavy atom. The van der Waals surface area contributed by atoms with E-state index >= 15 is 0 Å². The fraction of sp³-hybridized carbons (Fsp3) is 0.455. The van der Waals surface area contributed by atoms with E-state index in [0.29, 0.717) is 30.0 Å². The zero-order valence-electron chi connectivity index (χ0n) is 18.4. The number of methoxy groups -OCH3 is 1. The predicted molar refractivity (Wildman–Crippen MR) is 120 cm³/mol. The number of carbonyl (C=O) groups excluding carboxylic acids is 1. The largest absolute Gasteiger partial charge is 0.465 e. The summed E-state index contributed by atoms with van der Waals surface area (Å²) in [5, 5.41) is 0. The van der Waals surface area contributed by atoms with Gasteiger partial charge >= 0.3 is 16.2 Å². The number of carbonyl (C=O) groups is 1. The first kappa shape index (κ1) is 23.2. The molecule has 0 saturated carbocycles. The molecule has 2 atom stereocenters. The average Bonchev–Trinajstić information content (AvgIpc) is 2.77. The number of pyridine rings is 1. The van der Waals surface area contributed by atoms with Crippen LogP contribution >= 0.6 is 0 Å². The van der Waals surface area contributed by atoms with Crippen molar-refractivity contribution in [2.24, 2.45) is 0 Å². The molecule has 0 unspecified atom stereocenters. The van der Waals surface area contributed by atoms with Gasteiger partial charge in [0.05, 0.1) is 30.6 Å². The van der Waals surface area contributed by atoms with Gasteiger partial charge in [-0.2, -0.15) is 12.7 Å². The molecule has 8 nitrogen and oxygen atoms in total. The Labute approximate surface area is 184 Å². The molecule has 1 aliphatic heterocycles. The van der Waals surface area contributed by atoms with E-state index in [-0.39, 0.29) is 18.6 Å². The summed E-state index contributed by atoms with van der Waals surface area (Å²) in [6.45, 7) is 8.01. The first-order chi connectivity index (χ1) is 14.8. The lowest BCUT2D eigenvalue weighted by molar-refractivity contribution is 0.0600. The highest BCUT2D eigenvalue weighted by Crippen LogP contribution is 2.26. The second kappa shape index (κ2) is 9.76. The number of esters is 1. The number of para-hydroxylation sites is 1. The molecule has 2 aromatic rings. The maximum Gasteiger partial charge on any atom is 0.339 e. The maximum absolute atomic E-state index is 13.7. The lowest BCUT2D eigenvalue weighted by atomic mass is 10.1. The zero-order chi connectivity index (χ0) is 22.6. The summed E-state index contributed by atoms with van der Waals surface area (Å²) in [5.41, 5.74) is 1.42. The molecular formula is C22H30N4O4S. The highest BCUT2D eigenvalue weighted by atomic mass is 32.2. The molecule has 0 aliphatic carbocycles. The molecule has 1 saturated heterocycles. The van der Waals surface area contributed by atoms with Crippen molar-refractivity contribution >= 4 is 21.9 Å². The fourth-order valence-corrected chi connectivity index (χ4v) is 5.83. The van der Waals surface area contributed by atoms with E-state index in [1.807, 2.05) is 18.2 Å². The van der Waals surface area contributed by atoms with Crippen LogP contribution in [0.2, 0.25) is 0 Å². The van der Waals surface area contributed by atoms with Gasteiger partial charge in [0.15, 0.2) is 0 Å². The van der Waals surface area contributed by atoms with E-state index in [1.54, 1.807) is 28.6 Å². The second-order valence-corrected chi connectivity index (χ2v) is 9.58. The van der Waals surface area contributed by atoms with Crippen molar-refractivity contribution < 1.29 is 17.9 Å². The third-order valence-corrected chi connectivity index (χ3v) is 7.48. The summed E-state index contributed by atoms with van der Waals surface area (Å²) in [6.07, 6.45) is 1.40. The predicted octanol–water partition coefficient (Wildman–Crippen LogP) is 2.53. The molecule has 0 amide bonds. The molecule has 0 bridgehead atoms. The molecule has 1 aromatic carbocycles. The Balaban J connectivity index is 1.91. The molecule has 0 spiro atoms. The SMILES string of the molecule is CCN1[C@H](C)CN(S(=O)(=O)N(Cc2ccc(C(=O)OC)cn2)c2ccccc2)C[C@@H]1C. The Bertz CT molecular complexity index is 970. The number of aromatic nitrogens is 1. The van der Waals surface area contributed by atoms with Gasteiger partial charge in [0, 0.05) is 31.4 Å². The van der Waals surface area contributed by atoms with Crippen LogP contribution in [0.25, 0.3) is 0 Å². The molecule has 3 rings (SSSR count). The van der Waals surface area contributed by atoms with Crippen molar-refractivity contribution in [3.63, 3.8) is 0 Å². The Hall–Kier alpha value is -2.49. The van der Waals surface area contributed by atoms with Crippen LogP contribution in [0, 0.1) is 0 Å². The van der Waals surface area contributed by atoms with Crippen molar-refractivity contribution in [2.75, 3.05) is 31.0 Å². The van der Waals surface area contributed by atoms with Crippen LogP contribution in [-0.4, -0.2) is 67.4 Å². The van der Waals surface area contributed by atoms with E-state index in [2.05, 4.69) is 30.7 Å². The summed E-state index contributed by atoms with van der Waals surface area (Å²) < 4.78 is 35.1. The van der Waals surface area contributed by atoms with Gasteiger partial charge in [0.1, 0.15) is 0 Å². The zero-order valence-corrected chi connectivity index (χ0v) is 19.2. The third-order valence-electron chi connectivity index (χ3n) is 5.63. The van der Waals surface area contributed by atoms with Gasteiger partial charge in [-0.3, -0.25) is 14.2 Å². The Kier molecular flexibility index (Phi) is 7.30. The van der Waals surface area contributed by atoms with Crippen molar-refractivity contribution in [2.45, 2.75) is 39.4 Å². The van der Waals surface area contributed by atoms with Crippen molar-refractivity contribution in [3.8, 4) is 0 Å². The normalized spacial score (nSPS) is 20.4. The van der Waals surface area contributed by atoms with Crippen LogP contribution in [-0.2, 0) is 21.5 Å². The quantitative estimate of drug-likeness (QED) is 0.608. The first-order valence-electron chi connectivity index (χ1n) is 10.4. The van der Waals surface area contributed by atoms with Crippen LogP contribution < -0.4 is 4.31 Å². The minimum atomic E-state index is -3.80. The fourth-order valence-electron chi connectivity index (χ4n) is 4.06. The summed E-state index contributed by atoms with van der Waals surface area (Å²) >= 11 is 0.